The first kappa shape index (κ1) is 21.8. The molecule has 1 aliphatic heterocycles. The van der Waals surface area contributed by atoms with Crippen LogP contribution < -0.4 is 9.80 Å². The molecular formula is C27H27FN2O2. The summed E-state index contributed by atoms with van der Waals surface area (Å²) in [4.78, 5) is 30.4. The second-order valence-electron chi connectivity index (χ2n) is 8.54. The number of carbonyl (C=O) groups excluding carboxylic acids is 2. The molecule has 0 spiro atoms. The molecule has 0 aliphatic carbocycles. The Morgan fingerprint density at radius 1 is 0.938 bits per heavy atom. The minimum atomic E-state index is -0.382. The summed E-state index contributed by atoms with van der Waals surface area (Å²) < 4.78 is 13.5. The smallest absolute Gasteiger partial charge is 0.258 e. The van der Waals surface area contributed by atoms with E-state index in [0.29, 0.717) is 12.0 Å². The number of benzene rings is 3. The van der Waals surface area contributed by atoms with Gasteiger partial charge in [-0.25, -0.2) is 4.39 Å². The third-order valence-electron chi connectivity index (χ3n) is 5.95. The summed E-state index contributed by atoms with van der Waals surface area (Å²) in [6.45, 7) is 5.82. The van der Waals surface area contributed by atoms with Gasteiger partial charge in [-0.15, -0.1) is 0 Å². The van der Waals surface area contributed by atoms with Gasteiger partial charge in [-0.3, -0.25) is 9.59 Å². The van der Waals surface area contributed by atoms with Crippen molar-refractivity contribution in [2.24, 2.45) is 5.92 Å². The Kier molecular flexibility index (Phi) is 6.08. The van der Waals surface area contributed by atoms with Crippen LogP contribution in [0.5, 0.6) is 0 Å². The van der Waals surface area contributed by atoms with Crippen molar-refractivity contribution in [2.75, 3.05) is 9.80 Å². The van der Waals surface area contributed by atoms with Crippen molar-refractivity contribution >= 4 is 23.2 Å². The van der Waals surface area contributed by atoms with E-state index in [1.54, 1.807) is 4.90 Å². The number of halogens is 1. The van der Waals surface area contributed by atoms with Crippen molar-refractivity contribution in [3.8, 4) is 0 Å². The largest absolute Gasteiger partial charge is 0.309 e. The van der Waals surface area contributed by atoms with E-state index in [0.717, 1.165) is 16.9 Å². The second-order valence-corrected chi connectivity index (χ2v) is 8.54. The van der Waals surface area contributed by atoms with Crippen LogP contribution in [0.2, 0.25) is 0 Å². The predicted molar refractivity (Wildman–Crippen MR) is 125 cm³/mol. The van der Waals surface area contributed by atoms with Crippen LogP contribution in [0.15, 0.2) is 78.9 Å². The number of para-hydroxylation sites is 2. The molecule has 1 heterocycles. The third-order valence-corrected chi connectivity index (χ3v) is 5.95. The Morgan fingerprint density at radius 3 is 2.22 bits per heavy atom. The summed E-state index contributed by atoms with van der Waals surface area (Å²) in [5.74, 6) is -0.647. The van der Waals surface area contributed by atoms with Crippen LogP contribution in [0.25, 0.3) is 0 Å². The van der Waals surface area contributed by atoms with E-state index in [1.807, 2.05) is 80.3 Å². The molecule has 2 amide bonds. The van der Waals surface area contributed by atoms with Gasteiger partial charge in [-0.2, -0.15) is 0 Å². The average Bonchev–Trinajstić information content (AvgIpc) is 2.80. The monoisotopic (exact) mass is 430 g/mol. The molecule has 3 aromatic carbocycles. The van der Waals surface area contributed by atoms with E-state index in [-0.39, 0.29) is 35.6 Å². The molecule has 0 unspecified atom stereocenters. The number of hydrogen-bond donors (Lipinski definition) is 0. The van der Waals surface area contributed by atoms with Gasteiger partial charge in [0.15, 0.2) is 0 Å². The Labute approximate surface area is 188 Å². The van der Waals surface area contributed by atoms with Crippen LogP contribution >= 0.6 is 0 Å². The molecule has 0 bridgehead atoms. The van der Waals surface area contributed by atoms with Crippen LogP contribution in [0.1, 0.15) is 49.2 Å². The highest BCUT2D eigenvalue weighted by molar-refractivity contribution is 6.07. The highest BCUT2D eigenvalue weighted by Gasteiger charge is 2.39. The number of anilines is 2. The minimum Gasteiger partial charge on any atom is -0.309 e. The summed E-state index contributed by atoms with van der Waals surface area (Å²) in [6, 6.07) is 22.6. The van der Waals surface area contributed by atoms with E-state index in [4.69, 9.17) is 0 Å². The number of fused-ring (bicyclic) bond motifs is 1. The van der Waals surface area contributed by atoms with Gasteiger partial charge in [0, 0.05) is 28.9 Å². The Bertz CT molecular complexity index is 1110. The van der Waals surface area contributed by atoms with Gasteiger partial charge in [0.05, 0.1) is 6.04 Å². The fourth-order valence-corrected chi connectivity index (χ4v) is 4.40. The quantitative estimate of drug-likeness (QED) is 0.510. The first-order chi connectivity index (χ1) is 15.4. The summed E-state index contributed by atoms with van der Waals surface area (Å²) in [5.41, 5.74) is 2.94. The van der Waals surface area contributed by atoms with Crippen molar-refractivity contribution in [3.05, 3.63) is 95.8 Å². The lowest BCUT2D eigenvalue weighted by atomic mass is 9.88. The number of rotatable bonds is 4. The lowest BCUT2D eigenvalue weighted by molar-refractivity contribution is -0.122. The minimum absolute atomic E-state index is 0.0690. The van der Waals surface area contributed by atoms with Gasteiger partial charge in [-0.05, 0) is 61.4 Å². The fraction of sp³-hybridized carbons (Fsp3) is 0.259. The highest BCUT2D eigenvalue weighted by Crippen LogP contribution is 2.43. The number of amides is 2. The Morgan fingerprint density at radius 2 is 1.56 bits per heavy atom. The van der Waals surface area contributed by atoms with Gasteiger partial charge in [0.1, 0.15) is 5.82 Å². The molecule has 4 rings (SSSR count). The van der Waals surface area contributed by atoms with Gasteiger partial charge in [-0.1, -0.05) is 50.2 Å². The SMILES string of the molecule is CC(C)C(=O)N1c2ccccc2[C@@H](N(C(=O)c2ccc(F)cc2)c2ccccc2)C[C@@H]1C. The lowest BCUT2D eigenvalue weighted by Gasteiger charge is -2.44. The summed E-state index contributed by atoms with van der Waals surface area (Å²) in [7, 11) is 0. The molecule has 0 radical (unpaired) electrons. The number of nitrogens with zero attached hydrogens (tertiary/aromatic N) is 2. The molecule has 3 aromatic rings. The molecular weight excluding hydrogens is 403 g/mol. The zero-order chi connectivity index (χ0) is 22.8. The Balaban J connectivity index is 1.84. The topological polar surface area (TPSA) is 40.6 Å². The summed E-state index contributed by atoms with van der Waals surface area (Å²) in [6.07, 6.45) is 0.595. The normalized spacial score (nSPS) is 17.7. The number of carbonyl (C=O) groups is 2. The maximum absolute atomic E-state index is 13.7. The fourth-order valence-electron chi connectivity index (χ4n) is 4.40. The van der Waals surface area contributed by atoms with Gasteiger partial charge < -0.3 is 9.80 Å². The van der Waals surface area contributed by atoms with Crippen molar-refractivity contribution in [2.45, 2.75) is 39.3 Å². The average molecular weight is 431 g/mol. The molecule has 5 heteroatoms. The predicted octanol–water partition coefficient (Wildman–Crippen LogP) is 6.00. The van der Waals surface area contributed by atoms with E-state index in [1.165, 1.54) is 24.3 Å². The highest BCUT2D eigenvalue weighted by atomic mass is 19.1. The molecule has 164 valence electrons. The van der Waals surface area contributed by atoms with Crippen LogP contribution in [0.3, 0.4) is 0 Å². The van der Waals surface area contributed by atoms with E-state index < -0.39 is 0 Å². The molecule has 32 heavy (non-hydrogen) atoms. The molecule has 0 aromatic heterocycles. The first-order valence-electron chi connectivity index (χ1n) is 10.9. The third kappa shape index (κ3) is 4.03. The molecule has 4 nitrogen and oxygen atoms in total. The van der Waals surface area contributed by atoms with Crippen LogP contribution in [0, 0.1) is 11.7 Å². The van der Waals surface area contributed by atoms with E-state index in [9.17, 15) is 14.0 Å². The lowest BCUT2D eigenvalue weighted by Crippen LogP contribution is -2.49. The second kappa shape index (κ2) is 8.95. The molecule has 0 N–H and O–H groups in total. The maximum atomic E-state index is 13.7. The molecule has 2 atom stereocenters. The van der Waals surface area contributed by atoms with Gasteiger partial charge >= 0.3 is 0 Å². The Hall–Kier alpha value is -3.47. The van der Waals surface area contributed by atoms with Crippen molar-refractivity contribution < 1.29 is 14.0 Å². The molecule has 0 fully saturated rings. The molecule has 0 saturated carbocycles. The molecule has 1 aliphatic rings. The van der Waals surface area contributed by atoms with Crippen molar-refractivity contribution in [1.29, 1.82) is 0 Å². The van der Waals surface area contributed by atoms with E-state index in [2.05, 4.69) is 0 Å². The van der Waals surface area contributed by atoms with Crippen molar-refractivity contribution in [1.82, 2.24) is 0 Å². The molecule has 0 saturated heterocycles. The standard InChI is InChI=1S/C27H27FN2O2/c1-18(2)26(31)29-19(3)17-25(23-11-7-8-12-24(23)29)30(22-9-5-4-6-10-22)27(32)20-13-15-21(28)16-14-20/h4-16,18-19,25H,17H2,1-3H3/t19-,25-/m0/s1. The van der Waals surface area contributed by atoms with Crippen LogP contribution in [0.4, 0.5) is 15.8 Å². The zero-order valence-electron chi connectivity index (χ0n) is 18.5. The van der Waals surface area contributed by atoms with E-state index >= 15 is 0 Å². The zero-order valence-corrected chi connectivity index (χ0v) is 18.5. The maximum Gasteiger partial charge on any atom is 0.258 e. The van der Waals surface area contributed by atoms with Crippen molar-refractivity contribution in [3.63, 3.8) is 0 Å². The summed E-state index contributed by atoms with van der Waals surface area (Å²) >= 11 is 0. The first-order valence-corrected chi connectivity index (χ1v) is 10.9. The van der Waals surface area contributed by atoms with Crippen LogP contribution in [-0.2, 0) is 4.79 Å². The summed E-state index contributed by atoms with van der Waals surface area (Å²) in [5, 5.41) is 0. The van der Waals surface area contributed by atoms with Crippen LogP contribution in [-0.4, -0.2) is 17.9 Å². The van der Waals surface area contributed by atoms with Gasteiger partial charge in [0.2, 0.25) is 5.91 Å². The van der Waals surface area contributed by atoms with Gasteiger partial charge in [0.25, 0.3) is 5.91 Å². The number of hydrogen-bond acceptors (Lipinski definition) is 2.